The van der Waals surface area contributed by atoms with Crippen LogP contribution in [-0.4, -0.2) is 15.4 Å². The van der Waals surface area contributed by atoms with E-state index in [1.807, 2.05) is 57.2 Å². The van der Waals surface area contributed by atoms with Crippen LogP contribution in [0.1, 0.15) is 30.7 Å². The van der Waals surface area contributed by atoms with Gasteiger partial charge in [0.1, 0.15) is 12.3 Å². The minimum absolute atomic E-state index is 0.00351. The summed E-state index contributed by atoms with van der Waals surface area (Å²) in [5.74, 6) is -0.354. The monoisotopic (exact) mass is 364 g/mol. The molecule has 27 heavy (non-hydrogen) atoms. The molecule has 0 aliphatic carbocycles. The summed E-state index contributed by atoms with van der Waals surface area (Å²) in [6.45, 7) is 5.94. The predicted octanol–water partition coefficient (Wildman–Crippen LogP) is 3.56. The maximum atomic E-state index is 12.6. The number of aromatic nitrogens is 2. The number of fused-ring (bicyclic) bond motifs is 1. The van der Waals surface area contributed by atoms with Crippen LogP contribution >= 0.6 is 0 Å². The van der Waals surface area contributed by atoms with E-state index in [2.05, 4.69) is 4.98 Å². The number of ether oxygens (including phenoxy) is 1. The van der Waals surface area contributed by atoms with Crippen LogP contribution in [0, 0.1) is 18.8 Å². The summed E-state index contributed by atoms with van der Waals surface area (Å²) in [6, 6.07) is 15.0. The van der Waals surface area contributed by atoms with E-state index in [1.165, 1.54) is 10.5 Å². The van der Waals surface area contributed by atoms with E-state index in [1.54, 1.807) is 12.3 Å². The van der Waals surface area contributed by atoms with Gasteiger partial charge in [-0.05, 0) is 36.5 Å². The Morgan fingerprint density at radius 1 is 1.15 bits per heavy atom. The molecular formula is C22H24N2O3. The van der Waals surface area contributed by atoms with E-state index in [-0.39, 0.29) is 30.0 Å². The third-order valence-electron chi connectivity index (χ3n) is 4.63. The van der Waals surface area contributed by atoms with Gasteiger partial charge in [0.2, 0.25) is 0 Å². The van der Waals surface area contributed by atoms with E-state index in [0.717, 1.165) is 11.1 Å². The molecule has 0 radical (unpaired) electrons. The summed E-state index contributed by atoms with van der Waals surface area (Å²) in [5, 5.41) is 0. The zero-order chi connectivity index (χ0) is 19.4. The van der Waals surface area contributed by atoms with Crippen molar-refractivity contribution in [2.45, 2.75) is 33.8 Å². The summed E-state index contributed by atoms with van der Waals surface area (Å²) in [7, 11) is 0. The van der Waals surface area contributed by atoms with Crippen molar-refractivity contribution in [1.82, 2.24) is 9.38 Å². The van der Waals surface area contributed by atoms with Crippen molar-refractivity contribution >= 4 is 11.6 Å². The molecule has 0 bridgehead atoms. The van der Waals surface area contributed by atoms with Crippen molar-refractivity contribution in [3.63, 3.8) is 0 Å². The van der Waals surface area contributed by atoms with Crippen molar-refractivity contribution < 1.29 is 9.53 Å². The Labute approximate surface area is 158 Å². The van der Waals surface area contributed by atoms with Gasteiger partial charge in [-0.1, -0.05) is 50.2 Å². The number of hydrogen-bond donors (Lipinski definition) is 0. The molecule has 140 valence electrons. The van der Waals surface area contributed by atoms with Gasteiger partial charge in [0.15, 0.2) is 0 Å². The summed E-state index contributed by atoms with van der Waals surface area (Å²) < 4.78 is 6.99. The third-order valence-corrected chi connectivity index (χ3v) is 4.63. The first-order valence-corrected chi connectivity index (χ1v) is 9.13. The van der Waals surface area contributed by atoms with Crippen molar-refractivity contribution in [1.29, 1.82) is 0 Å². The Kier molecular flexibility index (Phi) is 5.69. The molecule has 1 aromatic carbocycles. The second-order valence-electron chi connectivity index (χ2n) is 7.17. The number of nitrogens with zero attached hydrogens (tertiary/aromatic N) is 2. The SMILES string of the molecule is Cc1ccc2nc(COC(=O)C(Cc3ccccc3)C(C)C)cc(=O)n2c1. The smallest absolute Gasteiger partial charge is 0.309 e. The number of benzene rings is 1. The average Bonchev–Trinajstić information content (AvgIpc) is 2.65. The van der Waals surface area contributed by atoms with Crippen LogP contribution in [0.15, 0.2) is 59.5 Å². The molecule has 0 amide bonds. The Morgan fingerprint density at radius 2 is 1.89 bits per heavy atom. The molecule has 0 aliphatic heterocycles. The molecule has 1 unspecified atom stereocenters. The number of esters is 1. The minimum atomic E-state index is -0.264. The lowest BCUT2D eigenvalue weighted by Crippen LogP contribution is -2.25. The fourth-order valence-electron chi connectivity index (χ4n) is 3.04. The number of pyridine rings is 1. The Bertz CT molecular complexity index is 993. The number of hydrogen-bond acceptors (Lipinski definition) is 4. The summed E-state index contributed by atoms with van der Waals surface area (Å²) >= 11 is 0. The van der Waals surface area contributed by atoms with Gasteiger partial charge < -0.3 is 4.74 Å². The molecule has 0 N–H and O–H groups in total. The van der Waals surface area contributed by atoms with E-state index in [4.69, 9.17) is 4.74 Å². The Balaban J connectivity index is 1.72. The molecule has 0 aliphatic rings. The number of rotatable bonds is 6. The van der Waals surface area contributed by atoms with Gasteiger partial charge in [-0.2, -0.15) is 0 Å². The van der Waals surface area contributed by atoms with Gasteiger partial charge in [-0.15, -0.1) is 0 Å². The maximum Gasteiger partial charge on any atom is 0.309 e. The summed E-state index contributed by atoms with van der Waals surface area (Å²) in [6.07, 6.45) is 2.37. The molecule has 5 nitrogen and oxygen atoms in total. The second kappa shape index (κ2) is 8.16. The van der Waals surface area contributed by atoms with Crippen LogP contribution < -0.4 is 5.56 Å². The molecule has 5 heteroatoms. The molecule has 3 rings (SSSR count). The molecule has 3 aromatic rings. The van der Waals surface area contributed by atoms with Gasteiger partial charge in [-0.25, -0.2) is 4.98 Å². The van der Waals surface area contributed by atoms with E-state index in [0.29, 0.717) is 17.8 Å². The van der Waals surface area contributed by atoms with Crippen molar-refractivity contribution in [3.8, 4) is 0 Å². The summed E-state index contributed by atoms with van der Waals surface area (Å²) in [4.78, 5) is 29.3. The predicted molar refractivity (Wildman–Crippen MR) is 104 cm³/mol. The largest absolute Gasteiger partial charge is 0.459 e. The van der Waals surface area contributed by atoms with Crippen LogP contribution in [0.3, 0.4) is 0 Å². The highest BCUT2D eigenvalue weighted by atomic mass is 16.5. The van der Waals surface area contributed by atoms with Gasteiger partial charge in [0.05, 0.1) is 11.6 Å². The molecule has 2 heterocycles. The standard InChI is InChI=1S/C22H24N2O3/c1-15(2)19(11-17-7-5-4-6-8-17)22(26)27-14-18-12-21(25)24-13-16(3)9-10-20(24)23-18/h4-10,12-13,15,19H,11,14H2,1-3H3. The van der Waals surface area contributed by atoms with Crippen LogP contribution in [0.5, 0.6) is 0 Å². The van der Waals surface area contributed by atoms with Gasteiger partial charge >= 0.3 is 5.97 Å². The van der Waals surface area contributed by atoms with Crippen molar-refractivity contribution in [2.24, 2.45) is 11.8 Å². The topological polar surface area (TPSA) is 60.7 Å². The third kappa shape index (κ3) is 4.61. The summed E-state index contributed by atoms with van der Waals surface area (Å²) in [5.41, 5.74) is 2.90. The van der Waals surface area contributed by atoms with E-state index >= 15 is 0 Å². The number of aryl methyl sites for hydroxylation is 1. The normalized spacial score (nSPS) is 12.3. The molecule has 0 fully saturated rings. The highest BCUT2D eigenvalue weighted by Gasteiger charge is 2.24. The first-order chi connectivity index (χ1) is 12.9. The Morgan fingerprint density at radius 3 is 2.59 bits per heavy atom. The number of carbonyl (C=O) groups is 1. The van der Waals surface area contributed by atoms with Crippen LogP contribution in [0.2, 0.25) is 0 Å². The van der Waals surface area contributed by atoms with Gasteiger partial charge in [0.25, 0.3) is 5.56 Å². The molecule has 1 atom stereocenters. The quantitative estimate of drug-likeness (QED) is 0.628. The minimum Gasteiger partial charge on any atom is -0.459 e. The Hall–Kier alpha value is -2.95. The highest BCUT2D eigenvalue weighted by Crippen LogP contribution is 2.19. The zero-order valence-electron chi connectivity index (χ0n) is 15.9. The fraction of sp³-hybridized carbons (Fsp3) is 0.318. The van der Waals surface area contributed by atoms with E-state index < -0.39 is 0 Å². The van der Waals surface area contributed by atoms with Crippen molar-refractivity contribution in [2.75, 3.05) is 0 Å². The van der Waals surface area contributed by atoms with Gasteiger partial charge in [0, 0.05) is 12.3 Å². The van der Waals surface area contributed by atoms with Crippen LogP contribution in [0.25, 0.3) is 5.65 Å². The van der Waals surface area contributed by atoms with Crippen LogP contribution in [-0.2, 0) is 22.6 Å². The molecule has 0 saturated carbocycles. The van der Waals surface area contributed by atoms with E-state index in [9.17, 15) is 9.59 Å². The zero-order valence-corrected chi connectivity index (χ0v) is 15.9. The average molecular weight is 364 g/mol. The molecular weight excluding hydrogens is 340 g/mol. The maximum absolute atomic E-state index is 12.6. The fourth-order valence-corrected chi connectivity index (χ4v) is 3.04. The van der Waals surface area contributed by atoms with Gasteiger partial charge in [-0.3, -0.25) is 14.0 Å². The highest BCUT2D eigenvalue weighted by molar-refractivity contribution is 5.73. The lowest BCUT2D eigenvalue weighted by atomic mass is 9.89. The molecule has 0 saturated heterocycles. The second-order valence-corrected chi connectivity index (χ2v) is 7.17. The molecule has 2 aromatic heterocycles. The number of carbonyl (C=O) groups excluding carboxylic acids is 1. The first-order valence-electron chi connectivity index (χ1n) is 9.13. The lowest BCUT2D eigenvalue weighted by Gasteiger charge is -2.19. The molecule has 0 spiro atoms. The van der Waals surface area contributed by atoms with Crippen molar-refractivity contribution in [3.05, 3.63) is 81.9 Å². The first kappa shape index (κ1) is 18.8. The van der Waals surface area contributed by atoms with Crippen LogP contribution in [0.4, 0.5) is 0 Å². The lowest BCUT2D eigenvalue weighted by molar-refractivity contribution is -0.151.